The van der Waals surface area contributed by atoms with Gasteiger partial charge in [0.2, 0.25) is 0 Å². The van der Waals surface area contributed by atoms with Crippen molar-refractivity contribution in [2.45, 2.75) is 19.6 Å². The van der Waals surface area contributed by atoms with Gasteiger partial charge in [0.1, 0.15) is 5.57 Å². The first-order valence-electron chi connectivity index (χ1n) is 8.68. The molecule has 8 heteroatoms. The minimum atomic E-state index is -1.31. The molecule has 0 radical (unpaired) electrons. The van der Waals surface area contributed by atoms with E-state index in [0.717, 1.165) is 0 Å². The fraction of sp³-hybridized carbons (Fsp3) is 0.190. The number of esters is 2. The summed E-state index contributed by atoms with van der Waals surface area (Å²) in [6, 6.07) is 13.4. The second-order valence-electron chi connectivity index (χ2n) is 6.53. The Morgan fingerprint density at radius 2 is 1.66 bits per heavy atom. The van der Waals surface area contributed by atoms with Crippen molar-refractivity contribution in [1.82, 2.24) is 0 Å². The summed E-state index contributed by atoms with van der Waals surface area (Å²) < 4.78 is 20.6. The maximum absolute atomic E-state index is 12.1. The Kier molecular flexibility index (Phi) is 5.54. The second-order valence-corrected chi connectivity index (χ2v) is 6.53. The van der Waals surface area contributed by atoms with Crippen molar-refractivity contribution in [3.05, 3.63) is 59.7 Å². The highest BCUT2D eigenvalue weighted by molar-refractivity contribution is 6.18. The zero-order valence-corrected chi connectivity index (χ0v) is 16.1. The first-order chi connectivity index (χ1) is 13.8. The number of amides is 1. The van der Waals surface area contributed by atoms with Crippen LogP contribution in [0.15, 0.2) is 54.1 Å². The van der Waals surface area contributed by atoms with Crippen molar-refractivity contribution in [1.29, 1.82) is 0 Å². The molecule has 1 N–H and O–H groups in total. The SMILES string of the molecule is COc1cc(C=C2C(=O)OC(C)(C)OC2=O)ccc1OC(=O)Nc1ccccc1. The minimum absolute atomic E-state index is 0.165. The maximum atomic E-state index is 12.1. The highest BCUT2D eigenvalue weighted by Gasteiger charge is 2.38. The number of methoxy groups -OCH3 is 1. The summed E-state index contributed by atoms with van der Waals surface area (Å²) in [5, 5.41) is 2.59. The van der Waals surface area contributed by atoms with Crippen molar-refractivity contribution in [2.75, 3.05) is 12.4 Å². The van der Waals surface area contributed by atoms with Gasteiger partial charge in [0, 0.05) is 19.5 Å². The fourth-order valence-electron chi connectivity index (χ4n) is 2.57. The van der Waals surface area contributed by atoms with Crippen LogP contribution in [0, 0.1) is 0 Å². The van der Waals surface area contributed by atoms with Crippen molar-refractivity contribution in [3.8, 4) is 11.5 Å². The van der Waals surface area contributed by atoms with Gasteiger partial charge in [0.15, 0.2) is 11.5 Å². The molecule has 0 unspecified atom stereocenters. The molecule has 2 aromatic carbocycles. The molecule has 1 amide bonds. The van der Waals surface area contributed by atoms with Gasteiger partial charge in [-0.25, -0.2) is 14.4 Å². The molecular formula is C21H19NO7. The quantitative estimate of drug-likeness (QED) is 0.479. The Morgan fingerprint density at radius 1 is 1.00 bits per heavy atom. The lowest BCUT2D eigenvalue weighted by molar-refractivity contribution is -0.222. The van der Waals surface area contributed by atoms with E-state index in [4.69, 9.17) is 18.9 Å². The molecule has 29 heavy (non-hydrogen) atoms. The third kappa shape index (κ3) is 4.92. The van der Waals surface area contributed by atoms with Gasteiger partial charge in [0.25, 0.3) is 5.79 Å². The number of hydrogen-bond acceptors (Lipinski definition) is 7. The molecule has 1 fully saturated rings. The number of nitrogens with one attached hydrogen (secondary N) is 1. The summed E-state index contributed by atoms with van der Waals surface area (Å²) in [7, 11) is 1.40. The average molecular weight is 397 g/mol. The zero-order chi connectivity index (χ0) is 21.0. The normalized spacial score (nSPS) is 15.1. The van der Waals surface area contributed by atoms with Gasteiger partial charge < -0.3 is 18.9 Å². The number of cyclic esters (lactones) is 2. The monoisotopic (exact) mass is 397 g/mol. The van der Waals surface area contributed by atoms with Gasteiger partial charge in [-0.1, -0.05) is 24.3 Å². The van der Waals surface area contributed by atoms with Crippen LogP contribution in [0.2, 0.25) is 0 Å². The second kappa shape index (κ2) is 8.05. The lowest BCUT2D eigenvalue weighted by atomic mass is 10.1. The van der Waals surface area contributed by atoms with Crippen LogP contribution in [0.5, 0.6) is 11.5 Å². The molecule has 0 aromatic heterocycles. The Labute approximate surface area is 167 Å². The standard InChI is InChI=1S/C21H19NO7/c1-21(2)28-18(23)15(19(24)29-21)11-13-9-10-16(17(12-13)26-3)27-20(25)22-14-7-5-4-6-8-14/h4-12H,1-3H3,(H,22,25). The van der Waals surface area contributed by atoms with Gasteiger partial charge in [-0.05, 0) is 35.9 Å². The van der Waals surface area contributed by atoms with Gasteiger partial charge in [-0.2, -0.15) is 0 Å². The Bertz CT molecular complexity index is 958. The molecule has 150 valence electrons. The van der Waals surface area contributed by atoms with Crippen LogP contribution in [0.3, 0.4) is 0 Å². The van der Waals surface area contributed by atoms with E-state index in [-0.39, 0.29) is 17.1 Å². The summed E-state index contributed by atoms with van der Waals surface area (Å²) in [6.07, 6.45) is 0.623. The molecular weight excluding hydrogens is 378 g/mol. The minimum Gasteiger partial charge on any atom is -0.493 e. The molecule has 1 aliphatic heterocycles. The van der Waals surface area contributed by atoms with Crippen molar-refractivity contribution in [3.63, 3.8) is 0 Å². The highest BCUT2D eigenvalue weighted by atomic mass is 16.7. The topological polar surface area (TPSA) is 100 Å². The molecule has 2 aromatic rings. The van der Waals surface area contributed by atoms with E-state index >= 15 is 0 Å². The number of hydrogen-bond donors (Lipinski definition) is 1. The van der Waals surface area contributed by atoms with Gasteiger partial charge in [-0.15, -0.1) is 0 Å². The van der Waals surface area contributed by atoms with Gasteiger partial charge >= 0.3 is 18.0 Å². The predicted molar refractivity (Wildman–Crippen MR) is 103 cm³/mol. The van der Waals surface area contributed by atoms with Crippen LogP contribution in [0.4, 0.5) is 10.5 Å². The molecule has 0 spiro atoms. The van der Waals surface area contributed by atoms with E-state index in [2.05, 4.69) is 5.32 Å². The van der Waals surface area contributed by atoms with Crippen LogP contribution in [-0.4, -0.2) is 30.9 Å². The summed E-state index contributed by atoms with van der Waals surface area (Å²) in [5.41, 5.74) is 0.790. The summed E-state index contributed by atoms with van der Waals surface area (Å²) in [6.45, 7) is 2.93. The van der Waals surface area contributed by atoms with Crippen LogP contribution >= 0.6 is 0 Å². The number of rotatable bonds is 4. The van der Waals surface area contributed by atoms with E-state index in [0.29, 0.717) is 11.3 Å². The summed E-state index contributed by atoms with van der Waals surface area (Å²) in [5.74, 6) is -2.48. The van der Waals surface area contributed by atoms with E-state index < -0.39 is 23.8 Å². The Morgan fingerprint density at radius 3 is 2.28 bits per heavy atom. The fourth-order valence-corrected chi connectivity index (χ4v) is 2.57. The highest BCUT2D eigenvalue weighted by Crippen LogP contribution is 2.30. The number of benzene rings is 2. The molecule has 1 aliphatic rings. The van der Waals surface area contributed by atoms with E-state index in [1.165, 1.54) is 39.2 Å². The first-order valence-corrected chi connectivity index (χ1v) is 8.68. The largest absolute Gasteiger partial charge is 0.493 e. The van der Waals surface area contributed by atoms with Crippen LogP contribution < -0.4 is 14.8 Å². The Balaban J connectivity index is 1.77. The lowest BCUT2D eigenvalue weighted by Gasteiger charge is -2.29. The Hall–Kier alpha value is -3.81. The van der Waals surface area contributed by atoms with E-state index in [9.17, 15) is 14.4 Å². The van der Waals surface area contributed by atoms with E-state index in [1.54, 1.807) is 30.3 Å². The molecule has 0 aliphatic carbocycles. The third-order valence-electron chi connectivity index (χ3n) is 3.84. The smallest absolute Gasteiger partial charge is 0.417 e. The zero-order valence-electron chi connectivity index (χ0n) is 16.1. The van der Waals surface area contributed by atoms with Crippen LogP contribution in [0.25, 0.3) is 6.08 Å². The molecule has 0 bridgehead atoms. The van der Waals surface area contributed by atoms with Crippen molar-refractivity contribution >= 4 is 29.8 Å². The van der Waals surface area contributed by atoms with Crippen molar-refractivity contribution in [2.24, 2.45) is 0 Å². The first kappa shape index (κ1) is 19.9. The van der Waals surface area contributed by atoms with E-state index in [1.807, 2.05) is 6.07 Å². The maximum Gasteiger partial charge on any atom is 0.417 e. The molecule has 8 nitrogen and oxygen atoms in total. The number of ether oxygens (including phenoxy) is 4. The number of carbonyl (C=O) groups excluding carboxylic acids is 3. The molecule has 0 saturated carbocycles. The lowest BCUT2D eigenvalue weighted by Crippen LogP contribution is -2.41. The number of para-hydroxylation sites is 1. The van der Waals surface area contributed by atoms with Crippen LogP contribution in [0.1, 0.15) is 19.4 Å². The van der Waals surface area contributed by atoms with Gasteiger partial charge in [-0.3, -0.25) is 5.32 Å². The molecule has 1 heterocycles. The summed E-state index contributed by atoms with van der Waals surface area (Å²) >= 11 is 0. The third-order valence-corrected chi connectivity index (χ3v) is 3.84. The predicted octanol–water partition coefficient (Wildman–Crippen LogP) is 3.53. The van der Waals surface area contributed by atoms with Gasteiger partial charge in [0.05, 0.1) is 7.11 Å². The number of anilines is 1. The molecule has 3 rings (SSSR count). The average Bonchev–Trinajstić information content (AvgIpc) is 2.65. The number of carbonyl (C=O) groups is 3. The summed E-state index contributed by atoms with van der Waals surface area (Å²) in [4.78, 5) is 36.2. The van der Waals surface area contributed by atoms with Crippen molar-refractivity contribution < 1.29 is 33.3 Å². The van der Waals surface area contributed by atoms with Crippen LogP contribution in [-0.2, 0) is 19.1 Å². The molecule has 1 saturated heterocycles. The molecule has 0 atom stereocenters.